The van der Waals surface area contributed by atoms with Gasteiger partial charge in [0.05, 0.1) is 38.5 Å². The van der Waals surface area contributed by atoms with Crippen molar-refractivity contribution < 1.29 is 14.4 Å². The molecule has 1 aliphatic heterocycles. The molecule has 6 heteroatoms. The molecule has 1 aliphatic rings. The number of hydrogen-bond acceptors (Lipinski definition) is 4. The highest BCUT2D eigenvalue weighted by atomic mass is 16.5. The molecule has 23 heavy (non-hydrogen) atoms. The van der Waals surface area contributed by atoms with E-state index in [1.165, 1.54) is 0 Å². The van der Waals surface area contributed by atoms with Crippen LogP contribution in [0.5, 0.6) is 5.75 Å². The molecule has 2 rings (SSSR count). The molecule has 0 aliphatic carbocycles. The van der Waals surface area contributed by atoms with E-state index < -0.39 is 0 Å². The summed E-state index contributed by atoms with van der Waals surface area (Å²) in [6.07, 6.45) is 3.11. The van der Waals surface area contributed by atoms with Gasteiger partial charge >= 0.3 is 0 Å². The molecule has 0 saturated heterocycles. The maximum absolute atomic E-state index is 11.9. The first-order valence-electron chi connectivity index (χ1n) is 8.05. The van der Waals surface area contributed by atoms with Gasteiger partial charge in [-0.3, -0.25) is 10.2 Å². The molecule has 1 atom stereocenters. The summed E-state index contributed by atoms with van der Waals surface area (Å²) in [4.78, 5) is 13.5. The molecule has 0 fully saturated rings. The van der Waals surface area contributed by atoms with Gasteiger partial charge in [-0.2, -0.15) is 0 Å². The molecule has 1 heterocycles. The zero-order valence-corrected chi connectivity index (χ0v) is 14.1. The molecule has 6 nitrogen and oxygen atoms in total. The van der Waals surface area contributed by atoms with Gasteiger partial charge in [0, 0.05) is 12.1 Å². The summed E-state index contributed by atoms with van der Waals surface area (Å²) < 4.78 is 5.24. The monoisotopic (exact) mass is 319 g/mol. The quantitative estimate of drug-likeness (QED) is 0.546. The van der Waals surface area contributed by atoms with E-state index >= 15 is 0 Å². The lowest BCUT2D eigenvalue weighted by molar-refractivity contribution is -0.917. The van der Waals surface area contributed by atoms with Crippen LogP contribution in [0.4, 0.5) is 5.69 Å². The number of carbonyl (C=O) groups is 1. The van der Waals surface area contributed by atoms with Crippen LogP contribution in [0.15, 0.2) is 36.0 Å². The highest BCUT2D eigenvalue weighted by molar-refractivity contribution is 5.81. The predicted octanol–water partition coefficient (Wildman–Crippen LogP) is 0.309. The zero-order chi connectivity index (χ0) is 16.7. The van der Waals surface area contributed by atoms with E-state index in [1.807, 2.05) is 24.3 Å². The number of hydrazine groups is 1. The summed E-state index contributed by atoms with van der Waals surface area (Å²) in [6.45, 7) is 6.73. The van der Waals surface area contributed by atoms with E-state index in [-0.39, 0.29) is 12.5 Å². The van der Waals surface area contributed by atoms with Gasteiger partial charge in [0.15, 0.2) is 0 Å². The molecule has 1 unspecified atom stereocenters. The van der Waals surface area contributed by atoms with Crippen molar-refractivity contribution in [1.82, 2.24) is 10.9 Å². The molecular formula is C17H27N4O2+. The zero-order valence-electron chi connectivity index (χ0n) is 14.1. The summed E-state index contributed by atoms with van der Waals surface area (Å²) in [6, 6.07) is 8.16. The van der Waals surface area contributed by atoms with Crippen molar-refractivity contribution in [3.8, 4) is 5.75 Å². The summed E-state index contributed by atoms with van der Waals surface area (Å²) >= 11 is 0. The molecule has 0 radical (unpaired) electrons. The van der Waals surface area contributed by atoms with Gasteiger partial charge in [0.1, 0.15) is 5.75 Å². The van der Waals surface area contributed by atoms with E-state index in [0.717, 1.165) is 36.6 Å². The number of amides is 1. The van der Waals surface area contributed by atoms with E-state index in [2.05, 4.69) is 36.1 Å². The lowest BCUT2D eigenvalue weighted by atomic mass is 10.2. The van der Waals surface area contributed by atoms with Crippen molar-refractivity contribution in [3.05, 3.63) is 36.0 Å². The van der Waals surface area contributed by atoms with Crippen molar-refractivity contribution in [3.63, 3.8) is 0 Å². The van der Waals surface area contributed by atoms with Crippen LogP contribution >= 0.6 is 0 Å². The topological polar surface area (TPSA) is 66.8 Å². The number of methoxy groups -OCH3 is 1. The molecule has 0 saturated carbocycles. The van der Waals surface area contributed by atoms with Gasteiger partial charge in [0.2, 0.25) is 0 Å². The normalized spacial score (nSPS) is 17.4. The maximum atomic E-state index is 11.9. The third-order valence-electron chi connectivity index (χ3n) is 4.05. The molecule has 0 bridgehead atoms. The Labute approximate surface area is 137 Å². The third-order valence-corrected chi connectivity index (χ3v) is 4.05. The average molecular weight is 319 g/mol. The Kier molecular flexibility index (Phi) is 6.29. The van der Waals surface area contributed by atoms with Crippen LogP contribution in [0, 0.1) is 0 Å². The Morgan fingerprint density at radius 2 is 2.13 bits per heavy atom. The van der Waals surface area contributed by atoms with Crippen molar-refractivity contribution in [2.24, 2.45) is 0 Å². The lowest BCUT2D eigenvalue weighted by Crippen LogP contribution is -3.15. The second-order valence-electron chi connectivity index (χ2n) is 5.97. The predicted molar refractivity (Wildman–Crippen MR) is 91.3 cm³/mol. The van der Waals surface area contributed by atoms with E-state index in [0.29, 0.717) is 6.04 Å². The Morgan fingerprint density at radius 3 is 2.78 bits per heavy atom. The number of carbonyl (C=O) groups excluding carboxylic acids is 1. The summed E-state index contributed by atoms with van der Waals surface area (Å²) in [5, 5.41) is 3.07. The first-order chi connectivity index (χ1) is 11.1. The number of ether oxygens (including phenoxy) is 1. The number of nitrogens with one attached hydrogen (secondary N) is 4. The molecule has 0 aromatic heterocycles. The van der Waals surface area contributed by atoms with E-state index in [4.69, 9.17) is 4.74 Å². The van der Waals surface area contributed by atoms with Crippen molar-refractivity contribution >= 4 is 11.6 Å². The van der Waals surface area contributed by atoms with Crippen molar-refractivity contribution in [2.75, 3.05) is 32.1 Å². The molecule has 126 valence electrons. The number of hydrogen-bond donors (Lipinski definition) is 4. The van der Waals surface area contributed by atoms with Crippen LogP contribution in [0.1, 0.15) is 20.3 Å². The SMILES string of the molecule is COc1ccccc1NCC(=O)NNC1=CC[NH+](C(C)C)CC1. The maximum Gasteiger partial charge on any atom is 0.257 e. The van der Waals surface area contributed by atoms with Gasteiger partial charge in [-0.25, -0.2) is 0 Å². The lowest BCUT2D eigenvalue weighted by Gasteiger charge is -2.27. The Bertz CT molecular complexity index is 557. The molecule has 1 aromatic rings. The van der Waals surface area contributed by atoms with Crippen LogP contribution in [-0.2, 0) is 4.79 Å². The Morgan fingerprint density at radius 1 is 1.35 bits per heavy atom. The van der Waals surface area contributed by atoms with Crippen LogP contribution in [0.25, 0.3) is 0 Å². The minimum atomic E-state index is -0.115. The van der Waals surface area contributed by atoms with Crippen LogP contribution in [0.3, 0.4) is 0 Å². The first-order valence-corrected chi connectivity index (χ1v) is 8.05. The summed E-state index contributed by atoms with van der Waals surface area (Å²) in [5.74, 6) is 0.607. The molecule has 1 amide bonds. The standard InChI is InChI=1S/C17H26N4O2/c1-13(2)21-10-8-14(9-11-21)19-20-17(22)12-18-15-6-4-5-7-16(15)23-3/h4-8,13,18-19H,9-12H2,1-3H3,(H,20,22)/p+1. The average Bonchev–Trinajstić information content (AvgIpc) is 2.58. The minimum Gasteiger partial charge on any atom is -0.495 e. The van der Waals surface area contributed by atoms with Gasteiger partial charge in [-0.1, -0.05) is 12.1 Å². The molecule has 1 aromatic carbocycles. The van der Waals surface area contributed by atoms with Gasteiger partial charge in [-0.05, 0) is 32.1 Å². The molecule has 0 spiro atoms. The van der Waals surface area contributed by atoms with Crippen LogP contribution in [0.2, 0.25) is 0 Å². The largest absolute Gasteiger partial charge is 0.495 e. The molecular weight excluding hydrogens is 292 g/mol. The number of para-hydroxylation sites is 2. The number of benzene rings is 1. The van der Waals surface area contributed by atoms with Gasteiger partial charge < -0.3 is 20.4 Å². The van der Waals surface area contributed by atoms with Crippen LogP contribution < -0.4 is 25.8 Å². The number of rotatable bonds is 7. The summed E-state index contributed by atoms with van der Waals surface area (Å²) in [5.41, 5.74) is 7.64. The van der Waals surface area contributed by atoms with E-state index in [9.17, 15) is 4.79 Å². The summed E-state index contributed by atoms with van der Waals surface area (Å²) in [7, 11) is 1.61. The first kappa shape index (κ1) is 17.1. The number of anilines is 1. The second kappa shape index (κ2) is 8.43. The Hall–Kier alpha value is -2.21. The van der Waals surface area contributed by atoms with Gasteiger partial charge in [0.25, 0.3) is 5.91 Å². The fourth-order valence-corrected chi connectivity index (χ4v) is 2.55. The molecule has 4 N–H and O–H groups in total. The fourth-order valence-electron chi connectivity index (χ4n) is 2.55. The van der Waals surface area contributed by atoms with E-state index in [1.54, 1.807) is 12.0 Å². The Balaban J connectivity index is 1.73. The number of quaternary nitrogens is 1. The van der Waals surface area contributed by atoms with Crippen LogP contribution in [-0.4, -0.2) is 38.7 Å². The highest BCUT2D eigenvalue weighted by Gasteiger charge is 2.17. The van der Waals surface area contributed by atoms with Gasteiger partial charge in [-0.15, -0.1) is 0 Å². The smallest absolute Gasteiger partial charge is 0.257 e. The van der Waals surface area contributed by atoms with Crippen molar-refractivity contribution in [1.29, 1.82) is 0 Å². The minimum absolute atomic E-state index is 0.115. The third kappa shape index (κ3) is 5.17. The highest BCUT2D eigenvalue weighted by Crippen LogP contribution is 2.22. The fraction of sp³-hybridized carbons (Fsp3) is 0.471. The second-order valence-corrected chi connectivity index (χ2v) is 5.97. The van der Waals surface area contributed by atoms with Crippen molar-refractivity contribution in [2.45, 2.75) is 26.3 Å².